The lowest BCUT2D eigenvalue weighted by Gasteiger charge is -2.13. The van der Waals surface area contributed by atoms with E-state index in [1.807, 2.05) is 31.2 Å². The van der Waals surface area contributed by atoms with Gasteiger partial charge in [0.05, 0.1) is 7.11 Å². The Labute approximate surface area is 167 Å². The fourth-order valence-electron chi connectivity index (χ4n) is 3.50. The van der Waals surface area contributed by atoms with Gasteiger partial charge in [-0.3, -0.25) is 4.79 Å². The summed E-state index contributed by atoms with van der Waals surface area (Å²) in [6, 6.07) is 16.4. The van der Waals surface area contributed by atoms with Gasteiger partial charge in [-0.2, -0.15) is 0 Å². The van der Waals surface area contributed by atoms with Crippen LogP contribution in [0.4, 0.5) is 0 Å². The molecule has 144 valence electrons. The summed E-state index contributed by atoms with van der Waals surface area (Å²) in [7, 11) is 1.71. The number of benzene rings is 3. The van der Waals surface area contributed by atoms with E-state index in [4.69, 9.17) is 4.74 Å². The molecule has 3 nitrogen and oxygen atoms in total. The standard InChI is InChI=1S/C25H27NO2/c1-6-26-25(27)20-9-7-19(8-10-20)13-16(2)21-11-12-22-18(4)24(28-5)14-17(3)23(22)15-21/h7-15H,6H2,1-5H3,(H,26,27)/b16-13-. The number of nitrogens with one attached hydrogen (secondary N) is 1. The summed E-state index contributed by atoms with van der Waals surface area (Å²) < 4.78 is 5.49. The first-order chi connectivity index (χ1) is 13.4. The van der Waals surface area contributed by atoms with Gasteiger partial charge in [-0.1, -0.05) is 30.3 Å². The first-order valence-corrected chi connectivity index (χ1v) is 9.59. The van der Waals surface area contributed by atoms with Crippen molar-refractivity contribution in [2.24, 2.45) is 0 Å². The quantitative estimate of drug-likeness (QED) is 0.576. The number of allylic oxidation sites excluding steroid dienone is 1. The molecule has 0 aliphatic heterocycles. The second kappa shape index (κ2) is 8.30. The predicted molar refractivity (Wildman–Crippen MR) is 118 cm³/mol. The highest BCUT2D eigenvalue weighted by atomic mass is 16.5. The Balaban J connectivity index is 1.93. The Morgan fingerprint density at radius 1 is 1.00 bits per heavy atom. The summed E-state index contributed by atoms with van der Waals surface area (Å²) in [5, 5.41) is 5.29. The monoisotopic (exact) mass is 373 g/mol. The van der Waals surface area contributed by atoms with E-state index in [-0.39, 0.29) is 5.91 Å². The van der Waals surface area contributed by atoms with Crippen LogP contribution < -0.4 is 10.1 Å². The summed E-state index contributed by atoms with van der Waals surface area (Å²) >= 11 is 0. The van der Waals surface area contributed by atoms with Crippen LogP contribution in [0.25, 0.3) is 22.4 Å². The summed E-state index contributed by atoms with van der Waals surface area (Å²) in [4.78, 5) is 11.9. The largest absolute Gasteiger partial charge is 0.496 e. The lowest BCUT2D eigenvalue weighted by molar-refractivity contribution is 0.0956. The van der Waals surface area contributed by atoms with E-state index < -0.39 is 0 Å². The molecule has 3 aromatic carbocycles. The van der Waals surface area contributed by atoms with Gasteiger partial charge in [0, 0.05) is 12.1 Å². The van der Waals surface area contributed by atoms with Gasteiger partial charge < -0.3 is 10.1 Å². The van der Waals surface area contributed by atoms with Gasteiger partial charge >= 0.3 is 0 Å². The number of amides is 1. The first-order valence-electron chi connectivity index (χ1n) is 9.59. The lowest BCUT2D eigenvalue weighted by Crippen LogP contribution is -2.22. The molecule has 0 spiro atoms. The third-order valence-corrected chi connectivity index (χ3v) is 5.13. The van der Waals surface area contributed by atoms with E-state index in [1.54, 1.807) is 7.11 Å². The highest BCUT2D eigenvalue weighted by Crippen LogP contribution is 2.32. The molecule has 1 amide bonds. The molecule has 0 bridgehead atoms. The lowest BCUT2D eigenvalue weighted by atomic mass is 9.95. The second-order valence-corrected chi connectivity index (χ2v) is 7.09. The summed E-state index contributed by atoms with van der Waals surface area (Å²) in [6.45, 7) is 8.88. The fourth-order valence-corrected chi connectivity index (χ4v) is 3.50. The fraction of sp³-hybridized carbons (Fsp3) is 0.240. The molecule has 0 aromatic heterocycles. The van der Waals surface area contributed by atoms with Crippen LogP contribution in [0.3, 0.4) is 0 Å². The van der Waals surface area contributed by atoms with Crippen LogP contribution in [0.15, 0.2) is 48.5 Å². The van der Waals surface area contributed by atoms with Gasteiger partial charge in [-0.05, 0) is 90.6 Å². The van der Waals surface area contributed by atoms with E-state index in [1.165, 1.54) is 27.5 Å². The topological polar surface area (TPSA) is 38.3 Å². The van der Waals surface area contributed by atoms with Crippen LogP contribution in [0.2, 0.25) is 0 Å². The molecule has 0 fully saturated rings. The number of hydrogen-bond acceptors (Lipinski definition) is 2. The van der Waals surface area contributed by atoms with Gasteiger partial charge in [-0.15, -0.1) is 0 Å². The molecule has 0 unspecified atom stereocenters. The molecule has 1 N–H and O–H groups in total. The van der Waals surface area contributed by atoms with Crippen molar-refractivity contribution in [1.82, 2.24) is 5.32 Å². The maximum Gasteiger partial charge on any atom is 0.251 e. The maximum absolute atomic E-state index is 11.9. The number of ether oxygens (including phenoxy) is 1. The Kier molecular flexibility index (Phi) is 5.84. The van der Waals surface area contributed by atoms with Crippen molar-refractivity contribution in [3.8, 4) is 5.75 Å². The molecular weight excluding hydrogens is 346 g/mol. The minimum atomic E-state index is -0.0365. The van der Waals surface area contributed by atoms with Crippen LogP contribution in [0.5, 0.6) is 5.75 Å². The molecule has 0 radical (unpaired) electrons. The van der Waals surface area contributed by atoms with Crippen molar-refractivity contribution < 1.29 is 9.53 Å². The normalized spacial score (nSPS) is 11.5. The van der Waals surface area contributed by atoms with Gasteiger partial charge in [0.1, 0.15) is 5.75 Å². The Hall–Kier alpha value is -3.07. The average Bonchev–Trinajstić information content (AvgIpc) is 2.71. The van der Waals surface area contributed by atoms with Crippen molar-refractivity contribution >= 4 is 28.3 Å². The van der Waals surface area contributed by atoms with Gasteiger partial charge in [-0.25, -0.2) is 0 Å². The smallest absolute Gasteiger partial charge is 0.251 e. The zero-order valence-electron chi connectivity index (χ0n) is 17.2. The number of hydrogen-bond donors (Lipinski definition) is 1. The van der Waals surface area contributed by atoms with E-state index in [2.05, 4.69) is 56.4 Å². The SMILES string of the molecule is CCNC(=O)c1ccc(/C=C(/C)c2ccc3c(C)c(OC)cc(C)c3c2)cc1. The molecular formula is C25H27NO2. The highest BCUT2D eigenvalue weighted by molar-refractivity contribution is 5.95. The van der Waals surface area contributed by atoms with Crippen molar-refractivity contribution in [3.05, 3.63) is 76.3 Å². The molecule has 3 rings (SSSR count). The minimum Gasteiger partial charge on any atom is -0.496 e. The summed E-state index contributed by atoms with van der Waals surface area (Å²) in [5.41, 5.74) is 6.50. The number of carbonyl (C=O) groups is 1. The van der Waals surface area contributed by atoms with Crippen LogP contribution in [-0.2, 0) is 0 Å². The number of fused-ring (bicyclic) bond motifs is 1. The van der Waals surface area contributed by atoms with Crippen molar-refractivity contribution in [2.45, 2.75) is 27.7 Å². The number of aryl methyl sites for hydroxylation is 2. The van der Waals surface area contributed by atoms with Gasteiger partial charge in [0.15, 0.2) is 0 Å². The van der Waals surface area contributed by atoms with Gasteiger partial charge in [0.2, 0.25) is 0 Å². The average molecular weight is 373 g/mol. The number of methoxy groups -OCH3 is 1. The molecule has 0 heterocycles. The third-order valence-electron chi connectivity index (χ3n) is 5.13. The Bertz CT molecular complexity index is 1050. The van der Waals surface area contributed by atoms with E-state index >= 15 is 0 Å². The molecule has 0 atom stereocenters. The van der Waals surface area contributed by atoms with Crippen LogP contribution in [-0.4, -0.2) is 19.6 Å². The molecule has 0 saturated heterocycles. The summed E-state index contributed by atoms with van der Waals surface area (Å²) in [6.07, 6.45) is 2.15. The zero-order valence-corrected chi connectivity index (χ0v) is 17.2. The third kappa shape index (κ3) is 3.94. The van der Waals surface area contributed by atoms with Crippen molar-refractivity contribution in [1.29, 1.82) is 0 Å². The molecule has 0 aliphatic rings. The molecule has 0 aliphatic carbocycles. The molecule has 3 heteroatoms. The molecule has 0 saturated carbocycles. The Morgan fingerprint density at radius 3 is 2.32 bits per heavy atom. The number of rotatable bonds is 5. The van der Waals surface area contributed by atoms with E-state index in [9.17, 15) is 4.79 Å². The Morgan fingerprint density at radius 2 is 1.68 bits per heavy atom. The number of carbonyl (C=O) groups excluding carboxylic acids is 1. The van der Waals surface area contributed by atoms with Crippen molar-refractivity contribution in [2.75, 3.05) is 13.7 Å². The zero-order chi connectivity index (χ0) is 20.3. The molecule has 3 aromatic rings. The predicted octanol–water partition coefficient (Wildman–Crippen LogP) is 5.78. The summed E-state index contributed by atoms with van der Waals surface area (Å²) in [5.74, 6) is 0.891. The second-order valence-electron chi connectivity index (χ2n) is 7.09. The van der Waals surface area contributed by atoms with Crippen LogP contribution in [0, 0.1) is 13.8 Å². The van der Waals surface area contributed by atoms with E-state index in [0.717, 1.165) is 16.9 Å². The van der Waals surface area contributed by atoms with Crippen molar-refractivity contribution in [3.63, 3.8) is 0 Å². The minimum absolute atomic E-state index is 0.0365. The van der Waals surface area contributed by atoms with Gasteiger partial charge in [0.25, 0.3) is 5.91 Å². The molecule has 28 heavy (non-hydrogen) atoms. The first kappa shape index (κ1) is 19.7. The maximum atomic E-state index is 11.9. The van der Waals surface area contributed by atoms with Crippen LogP contribution >= 0.6 is 0 Å². The highest BCUT2D eigenvalue weighted by Gasteiger charge is 2.09. The van der Waals surface area contributed by atoms with Crippen LogP contribution in [0.1, 0.15) is 46.5 Å². The van der Waals surface area contributed by atoms with E-state index in [0.29, 0.717) is 12.1 Å².